The highest BCUT2D eigenvalue weighted by Crippen LogP contribution is 2.54. The van der Waals surface area contributed by atoms with Crippen LogP contribution in [0.2, 0.25) is 0 Å². The highest BCUT2D eigenvalue weighted by molar-refractivity contribution is 5.54. The minimum Gasteiger partial charge on any atom is -0.496 e. The first kappa shape index (κ1) is 13.0. The van der Waals surface area contributed by atoms with E-state index >= 15 is 0 Å². The maximum Gasteiger partial charge on any atom is 0.129 e. The molecule has 0 saturated heterocycles. The minimum absolute atomic E-state index is 0.522. The summed E-state index contributed by atoms with van der Waals surface area (Å²) < 4.78 is 16.2. The number of methoxy groups -OCH3 is 3. The Labute approximate surface area is 108 Å². The molecule has 1 saturated carbocycles. The van der Waals surface area contributed by atoms with Crippen LogP contribution in [-0.4, -0.2) is 34.9 Å². The summed E-state index contributed by atoms with van der Waals surface area (Å²) in [7, 11) is 7.01. The lowest BCUT2D eigenvalue weighted by Crippen LogP contribution is -2.10. The molecule has 0 bridgehead atoms. The molecule has 1 aliphatic rings. The molecule has 1 fully saturated rings. The Balaban J connectivity index is 2.33. The molecule has 1 aromatic rings. The van der Waals surface area contributed by atoms with Crippen LogP contribution >= 0.6 is 0 Å². The Bertz CT molecular complexity index is 394. The molecule has 0 aromatic heterocycles. The smallest absolute Gasteiger partial charge is 0.129 e. The molecule has 100 valence electrons. The Morgan fingerprint density at radius 2 is 1.72 bits per heavy atom. The van der Waals surface area contributed by atoms with Gasteiger partial charge in [0.05, 0.1) is 21.3 Å². The molecule has 2 atom stereocenters. The molecule has 0 heterocycles. The normalized spacial score (nSPS) is 21.6. The Kier molecular flexibility index (Phi) is 3.97. The zero-order chi connectivity index (χ0) is 13.1. The van der Waals surface area contributed by atoms with Gasteiger partial charge in [-0.25, -0.2) is 0 Å². The number of hydrogen-bond donors (Lipinski definition) is 1. The van der Waals surface area contributed by atoms with Gasteiger partial charge in [0, 0.05) is 17.7 Å². The van der Waals surface area contributed by atoms with E-state index in [9.17, 15) is 0 Å². The topological polar surface area (TPSA) is 39.7 Å². The summed E-state index contributed by atoms with van der Waals surface area (Å²) >= 11 is 0. The number of rotatable bonds is 6. The van der Waals surface area contributed by atoms with E-state index in [2.05, 4.69) is 5.32 Å². The third-order valence-corrected chi connectivity index (χ3v) is 3.51. The molecular weight excluding hydrogens is 230 g/mol. The number of hydrogen-bond acceptors (Lipinski definition) is 4. The predicted octanol–water partition coefficient (Wildman–Crippen LogP) is 2.04. The van der Waals surface area contributed by atoms with Gasteiger partial charge < -0.3 is 19.5 Å². The minimum atomic E-state index is 0.522. The number of benzene rings is 1. The lowest BCUT2D eigenvalue weighted by atomic mass is 10.1. The molecule has 0 amide bonds. The summed E-state index contributed by atoms with van der Waals surface area (Å²) in [6.07, 6.45) is 1.18. The fraction of sp³-hybridized carbons (Fsp3) is 0.571. The molecule has 1 aliphatic carbocycles. The van der Waals surface area contributed by atoms with E-state index in [1.807, 2.05) is 19.2 Å². The zero-order valence-corrected chi connectivity index (χ0v) is 11.4. The van der Waals surface area contributed by atoms with Crippen LogP contribution < -0.4 is 19.5 Å². The third-order valence-electron chi connectivity index (χ3n) is 3.51. The van der Waals surface area contributed by atoms with Crippen LogP contribution in [-0.2, 0) is 0 Å². The quantitative estimate of drug-likeness (QED) is 0.840. The predicted molar refractivity (Wildman–Crippen MR) is 70.9 cm³/mol. The highest BCUT2D eigenvalue weighted by Gasteiger charge is 2.41. The van der Waals surface area contributed by atoms with Crippen molar-refractivity contribution in [2.24, 2.45) is 5.92 Å². The van der Waals surface area contributed by atoms with Gasteiger partial charge in [-0.1, -0.05) is 0 Å². The van der Waals surface area contributed by atoms with Crippen molar-refractivity contribution in [2.75, 3.05) is 34.9 Å². The fourth-order valence-corrected chi connectivity index (χ4v) is 2.49. The van der Waals surface area contributed by atoms with E-state index in [-0.39, 0.29) is 0 Å². The van der Waals surface area contributed by atoms with E-state index in [0.29, 0.717) is 11.8 Å². The first-order valence-corrected chi connectivity index (χ1v) is 6.19. The zero-order valence-electron chi connectivity index (χ0n) is 11.4. The second kappa shape index (κ2) is 5.48. The number of nitrogens with one attached hydrogen (secondary N) is 1. The summed E-state index contributed by atoms with van der Waals surface area (Å²) in [5.74, 6) is 3.67. The number of ether oxygens (including phenoxy) is 3. The Hall–Kier alpha value is -1.42. The van der Waals surface area contributed by atoms with Gasteiger partial charge in [-0.15, -0.1) is 0 Å². The van der Waals surface area contributed by atoms with Crippen molar-refractivity contribution in [3.63, 3.8) is 0 Å². The molecule has 0 radical (unpaired) electrons. The van der Waals surface area contributed by atoms with Crippen LogP contribution in [0.25, 0.3) is 0 Å². The monoisotopic (exact) mass is 251 g/mol. The van der Waals surface area contributed by atoms with E-state index in [1.54, 1.807) is 21.3 Å². The van der Waals surface area contributed by atoms with Gasteiger partial charge in [0.15, 0.2) is 0 Å². The van der Waals surface area contributed by atoms with Crippen molar-refractivity contribution in [3.05, 3.63) is 17.7 Å². The fourth-order valence-electron chi connectivity index (χ4n) is 2.49. The first-order valence-electron chi connectivity index (χ1n) is 6.19. The summed E-state index contributed by atoms with van der Waals surface area (Å²) in [5, 5.41) is 3.22. The average Bonchev–Trinajstić information content (AvgIpc) is 3.16. The summed E-state index contributed by atoms with van der Waals surface area (Å²) in [6.45, 7) is 1.03. The van der Waals surface area contributed by atoms with Crippen LogP contribution in [0.3, 0.4) is 0 Å². The summed E-state index contributed by atoms with van der Waals surface area (Å²) in [5.41, 5.74) is 1.17. The van der Waals surface area contributed by atoms with Crippen molar-refractivity contribution < 1.29 is 14.2 Å². The van der Waals surface area contributed by atoms with Crippen molar-refractivity contribution in [1.82, 2.24) is 5.32 Å². The van der Waals surface area contributed by atoms with Gasteiger partial charge in [0.25, 0.3) is 0 Å². The molecule has 0 spiro atoms. The van der Waals surface area contributed by atoms with E-state index in [4.69, 9.17) is 14.2 Å². The molecule has 2 rings (SSSR count). The molecule has 0 aliphatic heterocycles. The summed E-state index contributed by atoms with van der Waals surface area (Å²) in [4.78, 5) is 0. The maximum absolute atomic E-state index is 5.48. The highest BCUT2D eigenvalue weighted by atomic mass is 16.5. The Morgan fingerprint density at radius 1 is 1.11 bits per heavy atom. The molecule has 4 heteroatoms. The van der Waals surface area contributed by atoms with Crippen LogP contribution in [0.1, 0.15) is 17.9 Å². The van der Waals surface area contributed by atoms with E-state index in [1.165, 1.54) is 12.0 Å². The molecular formula is C14H21NO3. The lowest BCUT2D eigenvalue weighted by Gasteiger charge is -2.15. The van der Waals surface area contributed by atoms with Gasteiger partial charge in [0.1, 0.15) is 17.2 Å². The lowest BCUT2D eigenvalue weighted by molar-refractivity contribution is 0.368. The van der Waals surface area contributed by atoms with Gasteiger partial charge in [0.2, 0.25) is 0 Å². The van der Waals surface area contributed by atoms with Crippen molar-refractivity contribution >= 4 is 0 Å². The molecule has 0 unspecified atom stereocenters. The molecule has 1 N–H and O–H groups in total. The molecule has 1 aromatic carbocycles. The van der Waals surface area contributed by atoms with Gasteiger partial charge in [-0.2, -0.15) is 0 Å². The molecule has 18 heavy (non-hydrogen) atoms. The SMILES string of the molecule is CNC[C@@H]1C[C@@H]1c1c(OC)cc(OC)cc1OC. The first-order chi connectivity index (χ1) is 8.74. The van der Waals surface area contributed by atoms with Crippen LogP contribution in [0.5, 0.6) is 17.2 Å². The second-order valence-electron chi connectivity index (χ2n) is 4.61. The standard InChI is InChI=1S/C14H21NO3/c1-15-8-9-5-11(9)14-12(17-3)6-10(16-2)7-13(14)18-4/h6-7,9,11,15H,5,8H2,1-4H3/t9-,11-/m0/s1. The van der Waals surface area contributed by atoms with E-state index < -0.39 is 0 Å². The Morgan fingerprint density at radius 3 is 2.17 bits per heavy atom. The average molecular weight is 251 g/mol. The van der Waals surface area contributed by atoms with Crippen LogP contribution in [0.4, 0.5) is 0 Å². The van der Waals surface area contributed by atoms with Crippen LogP contribution in [0, 0.1) is 5.92 Å². The van der Waals surface area contributed by atoms with Gasteiger partial charge >= 0.3 is 0 Å². The van der Waals surface area contributed by atoms with Crippen LogP contribution in [0.15, 0.2) is 12.1 Å². The third kappa shape index (κ3) is 2.38. The van der Waals surface area contributed by atoms with Gasteiger partial charge in [-0.05, 0) is 31.8 Å². The maximum atomic E-state index is 5.48. The largest absolute Gasteiger partial charge is 0.496 e. The van der Waals surface area contributed by atoms with Crippen molar-refractivity contribution in [1.29, 1.82) is 0 Å². The second-order valence-corrected chi connectivity index (χ2v) is 4.61. The van der Waals surface area contributed by atoms with Gasteiger partial charge in [-0.3, -0.25) is 0 Å². The van der Waals surface area contributed by atoms with Crippen molar-refractivity contribution in [2.45, 2.75) is 12.3 Å². The summed E-state index contributed by atoms with van der Waals surface area (Å²) in [6, 6.07) is 3.85. The van der Waals surface area contributed by atoms with E-state index in [0.717, 1.165) is 23.8 Å². The van der Waals surface area contributed by atoms with Crippen molar-refractivity contribution in [3.8, 4) is 17.2 Å². The molecule has 4 nitrogen and oxygen atoms in total.